The van der Waals surface area contributed by atoms with Gasteiger partial charge in [-0.15, -0.1) is 11.6 Å². The molecule has 3 saturated carbocycles. The molecule has 0 saturated heterocycles. The van der Waals surface area contributed by atoms with Crippen LogP contribution < -0.4 is 0 Å². The minimum absolute atomic E-state index is 0.00757. The molecule has 3 fully saturated rings. The molecular formula is C29H36ClNO6. The van der Waals surface area contributed by atoms with Crippen molar-refractivity contribution in [2.45, 2.75) is 76.9 Å². The predicted octanol–water partition coefficient (Wildman–Crippen LogP) is 5.41. The second-order valence-electron chi connectivity index (χ2n) is 12.2. The van der Waals surface area contributed by atoms with Crippen LogP contribution in [0.2, 0.25) is 0 Å². The quantitative estimate of drug-likeness (QED) is 0.300. The molecule has 0 unspecified atom stereocenters. The highest BCUT2D eigenvalue weighted by Gasteiger charge is 2.70. The van der Waals surface area contributed by atoms with Crippen molar-refractivity contribution in [3.05, 3.63) is 51.6 Å². The summed E-state index contributed by atoms with van der Waals surface area (Å²) in [5, 5.41) is 23.0. The Hall–Kier alpha value is -2.09. The smallest absolute Gasteiger partial charge is 0.274 e. The van der Waals surface area contributed by atoms with Crippen LogP contribution >= 0.6 is 11.6 Å². The topological polar surface area (TPSA) is 107 Å². The van der Waals surface area contributed by atoms with Crippen molar-refractivity contribution in [2.24, 2.45) is 34.5 Å². The molecule has 8 heteroatoms. The first kappa shape index (κ1) is 26.5. The Morgan fingerprint density at radius 3 is 2.70 bits per heavy atom. The first-order valence-corrected chi connectivity index (χ1v) is 13.7. The second-order valence-corrected chi connectivity index (χ2v) is 12.9. The molecule has 0 amide bonds. The largest absolute Gasteiger partial charge is 0.391 e. The molecule has 1 aromatic rings. The van der Waals surface area contributed by atoms with Crippen molar-refractivity contribution in [1.82, 2.24) is 0 Å². The molecule has 1 N–H and O–H groups in total. The van der Waals surface area contributed by atoms with E-state index in [1.165, 1.54) is 6.07 Å². The van der Waals surface area contributed by atoms with E-state index in [9.17, 15) is 24.8 Å². The van der Waals surface area contributed by atoms with Crippen LogP contribution in [-0.2, 0) is 20.9 Å². The van der Waals surface area contributed by atoms with Gasteiger partial charge in [-0.1, -0.05) is 38.5 Å². The third kappa shape index (κ3) is 3.92. The van der Waals surface area contributed by atoms with Gasteiger partial charge in [-0.05, 0) is 67.4 Å². The zero-order valence-corrected chi connectivity index (χ0v) is 22.5. The van der Waals surface area contributed by atoms with E-state index < -0.39 is 26.7 Å². The van der Waals surface area contributed by atoms with Crippen molar-refractivity contribution in [1.29, 1.82) is 0 Å². The van der Waals surface area contributed by atoms with Gasteiger partial charge in [-0.2, -0.15) is 0 Å². The van der Waals surface area contributed by atoms with Crippen molar-refractivity contribution >= 4 is 28.9 Å². The highest BCUT2D eigenvalue weighted by molar-refractivity contribution is 6.26. The van der Waals surface area contributed by atoms with Crippen LogP contribution in [0.3, 0.4) is 0 Å². The molecule has 4 aliphatic carbocycles. The summed E-state index contributed by atoms with van der Waals surface area (Å²) in [6.45, 7) is 6.22. The summed E-state index contributed by atoms with van der Waals surface area (Å²) in [5.74, 6) is 0.186. The van der Waals surface area contributed by atoms with Crippen LogP contribution in [-0.4, -0.2) is 39.2 Å². The van der Waals surface area contributed by atoms with Crippen LogP contribution in [0.1, 0.15) is 64.9 Å². The van der Waals surface area contributed by atoms with Gasteiger partial charge in [0.05, 0.1) is 28.1 Å². The highest BCUT2D eigenvalue weighted by atomic mass is 35.5. The second kappa shape index (κ2) is 9.28. The van der Waals surface area contributed by atoms with E-state index in [0.717, 1.165) is 24.8 Å². The van der Waals surface area contributed by atoms with Crippen molar-refractivity contribution < 1.29 is 24.4 Å². The molecule has 4 aliphatic rings. The number of para-hydroxylation sites is 1. The number of Topliss-reactive ketones (excluding diaryl/α,β-unsaturated/α-hetero) is 1. The average molecular weight is 530 g/mol. The SMILES string of the molecule is C[C@@H]1C[C@H]2[C@@H]3CCC4=CC(=O)CC[C@]4(C)[C@@]3(Cl)[C@@H](O)C[C@]2(C)[C@H]1C(=O)COCc1ccccc1[N+](=O)[O-]. The highest BCUT2D eigenvalue weighted by Crippen LogP contribution is 2.71. The third-order valence-corrected chi connectivity index (χ3v) is 11.4. The molecule has 0 aliphatic heterocycles. The summed E-state index contributed by atoms with van der Waals surface area (Å²) in [6, 6.07) is 6.39. The van der Waals surface area contributed by atoms with Gasteiger partial charge in [-0.3, -0.25) is 19.7 Å². The molecule has 200 valence electrons. The zero-order chi connectivity index (χ0) is 26.8. The maximum Gasteiger partial charge on any atom is 0.274 e. The Balaban J connectivity index is 1.36. The first-order valence-electron chi connectivity index (χ1n) is 13.4. The van der Waals surface area contributed by atoms with Crippen LogP contribution in [0.25, 0.3) is 0 Å². The normalized spacial score (nSPS) is 40.8. The third-order valence-electron chi connectivity index (χ3n) is 10.4. The number of aliphatic hydroxyl groups excluding tert-OH is 1. The van der Waals surface area contributed by atoms with Gasteiger partial charge >= 0.3 is 0 Å². The summed E-state index contributed by atoms with van der Waals surface area (Å²) in [6.07, 6.45) is 4.96. The Bertz CT molecular complexity index is 1170. The number of rotatable bonds is 6. The van der Waals surface area contributed by atoms with E-state index in [2.05, 4.69) is 20.8 Å². The number of ketones is 2. The average Bonchev–Trinajstić information content (AvgIpc) is 3.10. The Kier molecular flexibility index (Phi) is 6.65. The maximum atomic E-state index is 13.6. The number of carbonyl (C=O) groups excluding carboxylic acids is 2. The molecule has 8 atom stereocenters. The van der Waals surface area contributed by atoms with E-state index in [4.69, 9.17) is 16.3 Å². The molecule has 0 bridgehead atoms. The molecule has 5 rings (SSSR count). The number of ether oxygens (including phenoxy) is 1. The van der Waals surface area contributed by atoms with Gasteiger partial charge in [-0.25, -0.2) is 0 Å². The monoisotopic (exact) mass is 529 g/mol. The van der Waals surface area contributed by atoms with E-state index >= 15 is 0 Å². The summed E-state index contributed by atoms with van der Waals surface area (Å²) in [5.41, 5.74) is 0.635. The summed E-state index contributed by atoms with van der Waals surface area (Å²) >= 11 is 7.52. The number of allylic oxidation sites excluding steroid dienone is 1. The fourth-order valence-electron chi connectivity index (χ4n) is 8.79. The van der Waals surface area contributed by atoms with E-state index in [0.29, 0.717) is 24.8 Å². The molecule has 0 radical (unpaired) electrons. The molecule has 7 nitrogen and oxygen atoms in total. The number of nitro groups is 1. The van der Waals surface area contributed by atoms with Gasteiger partial charge < -0.3 is 9.84 Å². The van der Waals surface area contributed by atoms with E-state index in [-0.39, 0.29) is 54.1 Å². The summed E-state index contributed by atoms with van der Waals surface area (Å²) in [7, 11) is 0. The number of alkyl halides is 1. The van der Waals surface area contributed by atoms with Crippen molar-refractivity contribution in [3.8, 4) is 0 Å². The molecular weight excluding hydrogens is 494 g/mol. The Labute approximate surface area is 222 Å². The van der Waals surface area contributed by atoms with E-state index in [1.54, 1.807) is 24.3 Å². The van der Waals surface area contributed by atoms with Crippen LogP contribution in [0.5, 0.6) is 0 Å². The van der Waals surface area contributed by atoms with Gasteiger partial charge in [0.2, 0.25) is 0 Å². The number of hydrogen-bond acceptors (Lipinski definition) is 6. The van der Waals surface area contributed by atoms with Gasteiger partial charge in [0, 0.05) is 23.8 Å². The van der Waals surface area contributed by atoms with Crippen LogP contribution in [0.4, 0.5) is 5.69 Å². The number of aliphatic hydroxyl groups is 1. The van der Waals surface area contributed by atoms with Crippen molar-refractivity contribution in [2.75, 3.05) is 6.61 Å². The van der Waals surface area contributed by atoms with Crippen LogP contribution in [0.15, 0.2) is 35.9 Å². The molecule has 1 aromatic carbocycles. The van der Waals surface area contributed by atoms with Gasteiger partial charge in [0.15, 0.2) is 11.6 Å². The predicted molar refractivity (Wildman–Crippen MR) is 139 cm³/mol. The molecule has 37 heavy (non-hydrogen) atoms. The lowest BCUT2D eigenvalue weighted by atomic mass is 9.45. The van der Waals surface area contributed by atoms with Gasteiger partial charge in [0.25, 0.3) is 5.69 Å². The number of nitro benzene ring substituents is 1. The fourth-order valence-corrected chi connectivity index (χ4v) is 9.34. The summed E-state index contributed by atoms with van der Waals surface area (Å²) in [4.78, 5) is 35.7. The molecule has 0 spiro atoms. The fraction of sp³-hybridized carbons (Fsp3) is 0.655. The lowest BCUT2D eigenvalue weighted by Crippen LogP contribution is -2.66. The number of hydrogen-bond donors (Lipinski definition) is 1. The van der Waals surface area contributed by atoms with E-state index in [1.807, 2.05) is 0 Å². The Morgan fingerprint density at radius 1 is 1.24 bits per heavy atom. The molecule has 0 heterocycles. The lowest BCUT2D eigenvalue weighted by molar-refractivity contribution is -0.385. The number of benzene rings is 1. The zero-order valence-electron chi connectivity index (χ0n) is 21.7. The van der Waals surface area contributed by atoms with Crippen LogP contribution in [0, 0.1) is 44.6 Å². The number of fused-ring (bicyclic) bond motifs is 5. The number of carbonyl (C=O) groups is 2. The number of nitrogens with zero attached hydrogens (tertiary/aromatic N) is 1. The maximum absolute atomic E-state index is 13.6. The molecule has 0 aromatic heterocycles. The lowest BCUT2D eigenvalue weighted by Gasteiger charge is -2.64. The number of halogens is 1. The minimum atomic E-state index is -0.859. The minimum Gasteiger partial charge on any atom is -0.391 e. The first-order chi connectivity index (χ1) is 17.4. The van der Waals surface area contributed by atoms with Gasteiger partial charge in [0.1, 0.15) is 6.61 Å². The Morgan fingerprint density at radius 2 is 1.97 bits per heavy atom. The van der Waals surface area contributed by atoms with Crippen molar-refractivity contribution in [3.63, 3.8) is 0 Å². The standard InChI is InChI=1S/C29H36ClNO6/c1-17-12-22-21-9-8-19-13-20(32)10-11-28(19,3)29(21,30)25(34)14-27(22,2)26(17)24(33)16-37-15-18-6-4-5-7-23(18)31(35)36/h4-7,13,17,21-22,25-26,34H,8-12,14-16H2,1-3H3/t17-,21+,22+,25+,26-,27+,28+,29+/m1/s1. The summed E-state index contributed by atoms with van der Waals surface area (Å²) < 4.78 is 5.73.